The number of amides is 2. The summed E-state index contributed by atoms with van der Waals surface area (Å²) >= 11 is 1.49. The number of thioether (sulfide) groups is 1. The molecule has 3 aromatic rings. The Hall–Kier alpha value is -3.05. The van der Waals surface area contributed by atoms with Gasteiger partial charge in [0, 0.05) is 23.2 Å². The number of benzene rings is 3. The molecule has 0 aliphatic carbocycles. The van der Waals surface area contributed by atoms with Crippen molar-refractivity contribution in [3.63, 3.8) is 0 Å². The molecule has 27 heavy (non-hydrogen) atoms. The summed E-state index contributed by atoms with van der Waals surface area (Å²) in [5.41, 5.74) is 2.02. The van der Waals surface area contributed by atoms with E-state index >= 15 is 0 Å². The van der Waals surface area contributed by atoms with Gasteiger partial charge in [-0.25, -0.2) is 0 Å². The fourth-order valence-corrected chi connectivity index (χ4v) is 3.67. The number of carbonyl (C=O) groups is 2. The van der Waals surface area contributed by atoms with Crippen LogP contribution in [0.25, 0.3) is 0 Å². The van der Waals surface area contributed by atoms with Crippen LogP contribution in [0.5, 0.6) is 0 Å². The Morgan fingerprint density at radius 2 is 1.52 bits per heavy atom. The Morgan fingerprint density at radius 1 is 0.852 bits per heavy atom. The van der Waals surface area contributed by atoms with E-state index in [9.17, 15) is 9.59 Å². The summed E-state index contributed by atoms with van der Waals surface area (Å²) in [4.78, 5) is 25.9. The SMILES string of the molecule is CNC(=O)c1cccc(NC(=O)C(Sc2ccccc2)c2ccccc2)c1. The van der Waals surface area contributed by atoms with E-state index in [1.807, 2.05) is 60.7 Å². The maximum Gasteiger partial charge on any atom is 0.251 e. The third-order valence-electron chi connectivity index (χ3n) is 3.96. The number of rotatable bonds is 6. The second kappa shape index (κ2) is 9.05. The fourth-order valence-electron chi connectivity index (χ4n) is 2.63. The van der Waals surface area contributed by atoms with E-state index < -0.39 is 5.25 Å². The summed E-state index contributed by atoms with van der Waals surface area (Å²) in [6.45, 7) is 0. The van der Waals surface area contributed by atoms with Crippen molar-refractivity contribution in [2.45, 2.75) is 10.1 Å². The summed E-state index contributed by atoms with van der Waals surface area (Å²) in [5.74, 6) is -0.325. The van der Waals surface area contributed by atoms with Crippen LogP contribution in [0.1, 0.15) is 21.2 Å². The number of hydrogen-bond donors (Lipinski definition) is 2. The lowest BCUT2D eigenvalue weighted by Gasteiger charge is -2.17. The van der Waals surface area contributed by atoms with E-state index in [1.54, 1.807) is 31.3 Å². The molecule has 0 bridgehead atoms. The first-order valence-corrected chi connectivity index (χ1v) is 9.45. The summed E-state index contributed by atoms with van der Waals surface area (Å²) < 4.78 is 0. The number of carbonyl (C=O) groups excluding carboxylic acids is 2. The van der Waals surface area contributed by atoms with E-state index in [0.29, 0.717) is 11.3 Å². The average molecular weight is 376 g/mol. The highest BCUT2D eigenvalue weighted by Crippen LogP contribution is 2.36. The Kier molecular flexibility index (Phi) is 6.28. The van der Waals surface area contributed by atoms with Crippen LogP contribution in [0, 0.1) is 0 Å². The van der Waals surface area contributed by atoms with Crippen molar-refractivity contribution in [3.05, 3.63) is 96.1 Å². The zero-order valence-electron chi connectivity index (χ0n) is 14.9. The quantitative estimate of drug-likeness (QED) is 0.622. The summed E-state index contributed by atoms with van der Waals surface area (Å²) in [5, 5.41) is 5.12. The van der Waals surface area contributed by atoms with Crippen LogP contribution in [-0.4, -0.2) is 18.9 Å². The second-order valence-electron chi connectivity index (χ2n) is 5.87. The highest BCUT2D eigenvalue weighted by molar-refractivity contribution is 8.00. The van der Waals surface area contributed by atoms with Crippen LogP contribution in [-0.2, 0) is 4.79 Å². The molecule has 0 fully saturated rings. The molecule has 2 N–H and O–H groups in total. The van der Waals surface area contributed by atoms with Gasteiger partial charge in [-0.15, -0.1) is 11.8 Å². The minimum Gasteiger partial charge on any atom is -0.355 e. The lowest BCUT2D eigenvalue weighted by atomic mass is 10.1. The Morgan fingerprint density at radius 3 is 2.19 bits per heavy atom. The van der Waals surface area contributed by atoms with Gasteiger partial charge in [-0.1, -0.05) is 54.6 Å². The molecule has 3 aromatic carbocycles. The minimum atomic E-state index is -0.405. The molecule has 0 radical (unpaired) electrons. The Balaban J connectivity index is 1.84. The lowest BCUT2D eigenvalue weighted by Crippen LogP contribution is -2.20. The zero-order chi connectivity index (χ0) is 19.1. The van der Waals surface area contributed by atoms with Gasteiger partial charge in [-0.3, -0.25) is 9.59 Å². The zero-order valence-corrected chi connectivity index (χ0v) is 15.7. The van der Waals surface area contributed by atoms with Gasteiger partial charge in [0.15, 0.2) is 0 Å². The molecule has 0 aliphatic heterocycles. The molecule has 0 spiro atoms. The van der Waals surface area contributed by atoms with E-state index in [4.69, 9.17) is 0 Å². The van der Waals surface area contributed by atoms with E-state index in [2.05, 4.69) is 10.6 Å². The van der Waals surface area contributed by atoms with Gasteiger partial charge in [-0.05, 0) is 35.9 Å². The molecular weight excluding hydrogens is 356 g/mol. The summed E-state index contributed by atoms with van der Waals surface area (Å²) in [7, 11) is 1.58. The van der Waals surface area contributed by atoms with Gasteiger partial charge < -0.3 is 10.6 Å². The van der Waals surface area contributed by atoms with Gasteiger partial charge in [0.05, 0.1) is 0 Å². The first-order chi connectivity index (χ1) is 13.2. The van der Waals surface area contributed by atoms with Crippen molar-refractivity contribution in [2.75, 3.05) is 12.4 Å². The van der Waals surface area contributed by atoms with Crippen LogP contribution in [0.2, 0.25) is 0 Å². The molecule has 0 heterocycles. The normalized spacial score (nSPS) is 11.4. The molecule has 5 heteroatoms. The van der Waals surface area contributed by atoms with Gasteiger partial charge in [0.25, 0.3) is 5.91 Å². The van der Waals surface area contributed by atoms with Crippen molar-refractivity contribution in [2.24, 2.45) is 0 Å². The van der Waals surface area contributed by atoms with Crippen molar-refractivity contribution in [1.82, 2.24) is 5.32 Å². The van der Waals surface area contributed by atoms with Gasteiger partial charge in [-0.2, -0.15) is 0 Å². The summed E-state index contributed by atoms with van der Waals surface area (Å²) in [6.07, 6.45) is 0. The first-order valence-electron chi connectivity index (χ1n) is 8.57. The van der Waals surface area contributed by atoms with E-state index in [1.165, 1.54) is 11.8 Å². The van der Waals surface area contributed by atoms with Crippen LogP contribution >= 0.6 is 11.8 Å². The molecule has 4 nitrogen and oxygen atoms in total. The van der Waals surface area contributed by atoms with Crippen molar-refractivity contribution < 1.29 is 9.59 Å². The van der Waals surface area contributed by atoms with Crippen LogP contribution in [0.4, 0.5) is 5.69 Å². The summed E-state index contributed by atoms with van der Waals surface area (Å²) in [6, 6.07) is 26.4. The smallest absolute Gasteiger partial charge is 0.251 e. The van der Waals surface area contributed by atoms with E-state index in [-0.39, 0.29) is 11.8 Å². The van der Waals surface area contributed by atoms with Crippen LogP contribution in [0.15, 0.2) is 89.8 Å². The van der Waals surface area contributed by atoms with Gasteiger partial charge >= 0.3 is 0 Å². The van der Waals surface area contributed by atoms with Gasteiger partial charge in [0.2, 0.25) is 5.91 Å². The van der Waals surface area contributed by atoms with Crippen LogP contribution < -0.4 is 10.6 Å². The second-order valence-corrected chi connectivity index (χ2v) is 7.05. The number of nitrogens with one attached hydrogen (secondary N) is 2. The molecule has 136 valence electrons. The standard InChI is InChI=1S/C22H20N2O2S/c1-23-21(25)17-11-8-12-18(15-17)24-22(26)20(16-9-4-2-5-10-16)27-19-13-6-3-7-14-19/h2-15,20H,1H3,(H,23,25)(H,24,26). The highest BCUT2D eigenvalue weighted by atomic mass is 32.2. The molecule has 1 unspecified atom stereocenters. The van der Waals surface area contributed by atoms with E-state index in [0.717, 1.165) is 10.5 Å². The van der Waals surface area contributed by atoms with Gasteiger partial charge in [0.1, 0.15) is 5.25 Å². The van der Waals surface area contributed by atoms with Crippen molar-refractivity contribution >= 4 is 29.3 Å². The Bertz CT molecular complexity index is 914. The number of hydrogen-bond acceptors (Lipinski definition) is 3. The van der Waals surface area contributed by atoms with Crippen molar-refractivity contribution in [3.8, 4) is 0 Å². The Labute approximate surface area is 163 Å². The molecular formula is C22H20N2O2S. The third kappa shape index (κ3) is 4.99. The first kappa shape index (κ1) is 18.7. The monoisotopic (exact) mass is 376 g/mol. The molecule has 0 saturated carbocycles. The fraction of sp³-hybridized carbons (Fsp3) is 0.0909. The maximum atomic E-state index is 13.0. The molecule has 2 amide bonds. The molecule has 3 rings (SSSR count). The van der Waals surface area contributed by atoms with Crippen LogP contribution in [0.3, 0.4) is 0 Å². The molecule has 1 atom stereocenters. The lowest BCUT2D eigenvalue weighted by molar-refractivity contribution is -0.115. The minimum absolute atomic E-state index is 0.135. The highest BCUT2D eigenvalue weighted by Gasteiger charge is 2.22. The number of anilines is 1. The largest absolute Gasteiger partial charge is 0.355 e. The topological polar surface area (TPSA) is 58.2 Å². The maximum absolute atomic E-state index is 13.0. The van der Waals surface area contributed by atoms with Crippen molar-refractivity contribution in [1.29, 1.82) is 0 Å². The average Bonchev–Trinajstić information content (AvgIpc) is 2.73. The predicted molar refractivity (Wildman–Crippen MR) is 110 cm³/mol. The molecule has 0 aromatic heterocycles. The molecule has 0 aliphatic rings. The third-order valence-corrected chi connectivity index (χ3v) is 5.22. The predicted octanol–water partition coefficient (Wildman–Crippen LogP) is 4.52. The molecule has 0 saturated heterocycles.